The SMILES string of the molecule is CC(C)(C)c1cc(C(C)(C)C)c(O)c(-c2nc3c(-c4cccc(-c5ccc(-c6ccccc6)cn5)c4)cccc3n2-c2ccccc2)n1. The minimum atomic E-state index is -0.301. The van der Waals surface area contributed by atoms with E-state index < -0.39 is 0 Å². The molecule has 0 aliphatic heterocycles. The number of nitrogens with zero attached hydrogens (tertiary/aromatic N) is 4. The number of aromatic hydroxyl groups is 1. The number of hydrogen-bond donors (Lipinski definition) is 1. The first-order valence-electron chi connectivity index (χ1n) is 16.4. The molecule has 0 atom stereocenters. The van der Waals surface area contributed by atoms with Crippen LogP contribution in [0.5, 0.6) is 5.75 Å². The number of fused-ring (bicyclic) bond motifs is 1. The van der Waals surface area contributed by atoms with Crippen molar-refractivity contribution in [2.75, 3.05) is 0 Å². The highest BCUT2D eigenvalue weighted by Gasteiger charge is 2.29. The second-order valence-electron chi connectivity index (χ2n) is 14.4. The highest BCUT2D eigenvalue weighted by atomic mass is 16.3. The normalized spacial score (nSPS) is 12.0. The van der Waals surface area contributed by atoms with Gasteiger partial charge in [-0.15, -0.1) is 0 Å². The van der Waals surface area contributed by atoms with Gasteiger partial charge in [-0.05, 0) is 52.9 Å². The number of benzene rings is 4. The molecule has 0 spiro atoms. The lowest BCUT2D eigenvalue weighted by Crippen LogP contribution is -2.19. The molecule has 5 nitrogen and oxygen atoms in total. The molecule has 0 saturated heterocycles. The van der Waals surface area contributed by atoms with Crippen molar-refractivity contribution in [1.29, 1.82) is 0 Å². The van der Waals surface area contributed by atoms with Crippen molar-refractivity contribution < 1.29 is 5.11 Å². The summed E-state index contributed by atoms with van der Waals surface area (Å²) in [7, 11) is 0. The van der Waals surface area contributed by atoms with Gasteiger partial charge in [-0.3, -0.25) is 9.55 Å². The monoisotopic (exact) mass is 628 g/mol. The summed E-state index contributed by atoms with van der Waals surface area (Å²) >= 11 is 0. The van der Waals surface area contributed by atoms with Crippen molar-refractivity contribution in [3.05, 3.63) is 139 Å². The molecule has 0 aliphatic rings. The third-order valence-corrected chi connectivity index (χ3v) is 8.82. The number of aromatic nitrogens is 4. The van der Waals surface area contributed by atoms with Crippen molar-refractivity contribution in [2.45, 2.75) is 52.4 Å². The molecule has 0 unspecified atom stereocenters. The lowest BCUT2D eigenvalue weighted by Gasteiger charge is -2.26. The predicted molar refractivity (Wildman–Crippen MR) is 197 cm³/mol. The Balaban J connectivity index is 1.42. The van der Waals surface area contributed by atoms with Crippen LogP contribution in [0.2, 0.25) is 0 Å². The summed E-state index contributed by atoms with van der Waals surface area (Å²) in [4.78, 5) is 15.3. The maximum Gasteiger partial charge on any atom is 0.168 e. The highest BCUT2D eigenvalue weighted by Crippen LogP contribution is 2.42. The van der Waals surface area contributed by atoms with Crippen LogP contribution < -0.4 is 0 Å². The molecule has 0 saturated carbocycles. The minimum absolute atomic E-state index is 0.163. The predicted octanol–water partition coefficient (Wildman–Crippen LogP) is 10.8. The molecular weight excluding hydrogens is 589 g/mol. The standard InChI is InChI=1S/C43H40N4O/c1-42(2,3)34-26-37(43(4,5)6)45-39(40(34)48)41-46-38-33(21-14-22-36(38)47(41)32-19-11-8-12-20-32)29-17-13-18-30(25-29)35-24-23-31(27-44-35)28-15-9-7-10-16-28/h7-27,48H,1-6H3. The molecule has 0 fully saturated rings. The summed E-state index contributed by atoms with van der Waals surface area (Å²) in [5.74, 6) is 0.767. The molecule has 48 heavy (non-hydrogen) atoms. The summed E-state index contributed by atoms with van der Waals surface area (Å²) in [6.07, 6.45) is 1.93. The van der Waals surface area contributed by atoms with Crippen LogP contribution in [-0.4, -0.2) is 24.6 Å². The molecule has 7 aromatic rings. The molecule has 0 aliphatic carbocycles. The number of para-hydroxylation sites is 2. The van der Waals surface area contributed by atoms with Gasteiger partial charge in [-0.1, -0.05) is 126 Å². The van der Waals surface area contributed by atoms with Gasteiger partial charge in [-0.2, -0.15) is 0 Å². The van der Waals surface area contributed by atoms with Crippen molar-refractivity contribution in [2.24, 2.45) is 0 Å². The first kappa shape index (κ1) is 31.1. The molecule has 4 aromatic carbocycles. The van der Waals surface area contributed by atoms with Gasteiger partial charge < -0.3 is 5.11 Å². The zero-order valence-corrected chi connectivity index (χ0v) is 28.4. The maximum absolute atomic E-state index is 11.9. The molecule has 238 valence electrons. The van der Waals surface area contributed by atoms with E-state index in [2.05, 4.69) is 125 Å². The van der Waals surface area contributed by atoms with Gasteiger partial charge in [0.05, 0.1) is 16.7 Å². The Morgan fingerprint density at radius 3 is 1.92 bits per heavy atom. The fourth-order valence-corrected chi connectivity index (χ4v) is 6.19. The van der Waals surface area contributed by atoms with Gasteiger partial charge in [0.25, 0.3) is 0 Å². The van der Waals surface area contributed by atoms with Crippen LogP contribution in [0.15, 0.2) is 128 Å². The Hall–Kier alpha value is -5.55. The van der Waals surface area contributed by atoms with E-state index in [1.54, 1.807) is 0 Å². The fraction of sp³-hybridized carbons (Fsp3) is 0.186. The quantitative estimate of drug-likeness (QED) is 0.206. The molecule has 0 bridgehead atoms. The summed E-state index contributed by atoms with van der Waals surface area (Å²) in [6, 6.07) is 41.5. The van der Waals surface area contributed by atoms with E-state index in [0.29, 0.717) is 11.5 Å². The Labute approximate surface area is 282 Å². The van der Waals surface area contributed by atoms with Crippen LogP contribution in [0.4, 0.5) is 0 Å². The van der Waals surface area contributed by atoms with Gasteiger partial charge in [0.15, 0.2) is 5.82 Å². The van der Waals surface area contributed by atoms with Gasteiger partial charge in [0, 0.05) is 45.2 Å². The van der Waals surface area contributed by atoms with E-state index in [0.717, 1.165) is 61.5 Å². The molecule has 0 radical (unpaired) electrons. The van der Waals surface area contributed by atoms with Crippen LogP contribution in [0.25, 0.3) is 61.8 Å². The van der Waals surface area contributed by atoms with Gasteiger partial charge in [0.1, 0.15) is 11.4 Å². The van der Waals surface area contributed by atoms with Crippen molar-refractivity contribution >= 4 is 11.0 Å². The Bertz CT molecular complexity index is 2240. The van der Waals surface area contributed by atoms with Crippen molar-refractivity contribution in [3.63, 3.8) is 0 Å². The smallest absolute Gasteiger partial charge is 0.168 e. The van der Waals surface area contributed by atoms with Gasteiger partial charge >= 0.3 is 0 Å². The first-order valence-corrected chi connectivity index (χ1v) is 16.4. The second kappa shape index (κ2) is 11.9. The number of imidazole rings is 1. The van der Waals surface area contributed by atoms with Crippen LogP contribution in [0.1, 0.15) is 52.8 Å². The van der Waals surface area contributed by atoms with Crippen LogP contribution in [0.3, 0.4) is 0 Å². The van der Waals surface area contributed by atoms with E-state index in [1.807, 2.05) is 48.7 Å². The largest absolute Gasteiger partial charge is 0.505 e. The van der Waals surface area contributed by atoms with Crippen LogP contribution in [-0.2, 0) is 10.8 Å². The molecular formula is C43H40N4O. The summed E-state index contributed by atoms with van der Waals surface area (Å²) in [5, 5.41) is 11.9. The zero-order chi connectivity index (χ0) is 33.6. The first-order chi connectivity index (χ1) is 23.0. The van der Waals surface area contributed by atoms with Crippen LogP contribution in [0, 0.1) is 0 Å². The summed E-state index contributed by atoms with van der Waals surface area (Å²) < 4.78 is 2.12. The third kappa shape index (κ3) is 5.77. The topological polar surface area (TPSA) is 63.8 Å². The average molecular weight is 629 g/mol. The van der Waals surface area contributed by atoms with Crippen molar-refractivity contribution in [3.8, 4) is 56.5 Å². The van der Waals surface area contributed by atoms with Crippen LogP contribution >= 0.6 is 0 Å². The molecule has 3 heterocycles. The third-order valence-electron chi connectivity index (χ3n) is 8.82. The van der Waals surface area contributed by atoms with E-state index in [-0.39, 0.29) is 16.6 Å². The summed E-state index contributed by atoms with van der Waals surface area (Å²) in [5.41, 5.74) is 10.6. The maximum atomic E-state index is 11.9. The minimum Gasteiger partial charge on any atom is -0.505 e. The molecule has 7 rings (SSSR count). The van der Waals surface area contributed by atoms with Gasteiger partial charge in [-0.25, -0.2) is 9.97 Å². The number of rotatable bonds is 5. The lowest BCUT2D eigenvalue weighted by molar-refractivity contribution is 0.441. The molecule has 5 heteroatoms. The zero-order valence-electron chi connectivity index (χ0n) is 28.4. The number of hydrogen-bond acceptors (Lipinski definition) is 4. The highest BCUT2D eigenvalue weighted by molar-refractivity contribution is 5.96. The molecule has 1 N–H and O–H groups in total. The van der Waals surface area contributed by atoms with Crippen molar-refractivity contribution in [1.82, 2.24) is 19.5 Å². The second-order valence-corrected chi connectivity index (χ2v) is 14.4. The lowest BCUT2D eigenvalue weighted by atomic mass is 9.82. The Morgan fingerprint density at radius 1 is 0.583 bits per heavy atom. The number of pyridine rings is 2. The molecule has 0 amide bonds. The fourth-order valence-electron chi connectivity index (χ4n) is 6.19. The van der Waals surface area contributed by atoms with E-state index in [4.69, 9.17) is 15.0 Å². The van der Waals surface area contributed by atoms with E-state index >= 15 is 0 Å². The molecule has 3 aromatic heterocycles. The Morgan fingerprint density at radius 2 is 1.25 bits per heavy atom. The van der Waals surface area contributed by atoms with E-state index in [1.165, 1.54) is 0 Å². The van der Waals surface area contributed by atoms with E-state index in [9.17, 15) is 5.11 Å². The average Bonchev–Trinajstić information content (AvgIpc) is 3.48. The Kier molecular flexibility index (Phi) is 7.71. The summed E-state index contributed by atoms with van der Waals surface area (Å²) in [6.45, 7) is 12.8. The van der Waals surface area contributed by atoms with Gasteiger partial charge in [0.2, 0.25) is 0 Å².